The molecule has 0 spiro atoms. The number of rotatable bonds is 5. The van der Waals surface area contributed by atoms with Crippen molar-refractivity contribution in [1.82, 2.24) is 10.3 Å². The van der Waals surface area contributed by atoms with Crippen LogP contribution in [0.5, 0.6) is 0 Å². The highest BCUT2D eigenvalue weighted by Crippen LogP contribution is 2.12. The van der Waals surface area contributed by atoms with Gasteiger partial charge in [0, 0.05) is 12.1 Å². The van der Waals surface area contributed by atoms with Crippen LogP contribution in [0.3, 0.4) is 0 Å². The maximum Gasteiger partial charge on any atom is 0.126 e. The minimum Gasteiger partial charge on any atom is -0.365 e. The number of aromatic nitrogens is 1. The predicted octanol–water partition coefficient (Wildman–Crippen LogP) is 3.04. The van der Waals surface area contributed by atoms with Crippen LogP contribution in [-0.2, 0) is 6.54 Å². The van der Waals surface area contributed by atoms with E-state index in [0.29, 0.717) is 5.92 Å². The van der Waals surface area contributed by atoms with E-state index in [4.69, 9.17) is 0 Å². The Balaban J connectivity index is 2.54. The third-order valence-corrected chi connectivity index (χ3v) is 2.17. The molecule has 1 rings (SSSR count). The topological polar surface area (TPSA) is 37.0 Å². The number of nitrogens with zero attached hydrogens (tertiary/aromatic N) is 1. The molecule has 0 saturated heterocycles. The molecule has 0 aliphatic heterocycles. The fourth-order valence-electron chi connectivity index (χ4n) is 1.52. The van der Waals surface area contributed by atoms with Crippen molar-refractivity contribution in [1.29, 1.82) is 0 Å². The lowest BCUT2D eigenvalue weighted by Crippen LogP contribution is -2.27. The van der Waals surface area contributed by atoms with Crippen LogP contribution in [0, 0.1) is 5.92 Å². The second-order valence-corrected chi connectivity index (χ2v) is 5.91. The van der Waals surface area contributed by atoms with Gasteiger partial charge in [0.2, 0.25) is 0 Å². The number of pyridine rings is 1. The van der Waals surface area contributed by atoms with Crippen LogP contribution < -0.4 is 10.6 Å². The Bertz CT molecular complexity index is 340. The van der Waals surface area contributed by atoms with Gasteiger partial charge in [-0.05, 0) is 45.4 Å². The van der Waals surface area contributed by atoms with E-state index in [1.165, 1.54) is 0 Å². The van der Waals surface area contributed by atoms with Crippen molar-refractivity contribution in [3.63, 3.8) is 0 Å². The van der Waals surface area contributed by atoms with Gasteiger partial charge in [-0.15, -0.1) is 0 Å². The van der Waals surface area contributed by atoms with Gasteiger partial charge in [0.05, 0.1) is 5.69 Å². The summed E-state index contributed by atoms with van der Waals surface area (Å²) in [6.07, 6.45) is 0. The average Bonchev–Trinajstić information content (AvgIpc) is 2.14. The van der Waals surface area contributed by atoms with Gasteiger partial charge in [-0.3, -0.25) is 0 Å². The smallest absolute Gasteiger partial charge is 0.126 e. The molecule has 0 aliphatic rings. The van der Waals surface area contributed by atoms with Crippen LogP contribution >= 0.6 is 0 Å². The fraction of sp³-hybridized carbons (Fsp3) is 0.643. The molecule has 0 saturated carbocycles. The van der Waals surface area contributed by atoms with E-state index in [1.807, 2.05) is 12.1 Å². The first-order chi connectivity index (χ1) is 7.87. The summed E-state index contributed by atoms with van der Waals surface area (Å²) in [5, 5.41) is 6.78. The molecule has 1 heterocycles. The van der Waals surface area contributed by atoms with Gasteiger partial charge in [0.15, 0.2) is 0 Å². The summed E-state index contributed by atoms with van der Waals surface area (Å²) in [4.78, 5) is 4.58. The van der Waals surface area contributed by atoms with E-state index >= 15 is 0 Å². The Morgan fingerprint density at radius 2 is 1.94 bits per heavy atom. The van der Waals surface area contributed by atoms with Crippen molar-refractivity contribution in [2.24, 2.45) is 5.92 Å². The second-order valence-electron chi connectivity index (χ2n) is 5.91. The quantitative estimate of drug-likeness (QED) is 0.823. The van der Waals surface area contributed by atoms with Gasteiger partial charge in [0.1, 0.15) is 5.82 Å². The monoisotopic (exact) mass is 235 g/mol. The zero-order valence-corrected chi connectivity index (χ0v) is 11.7. The average molecular weight is 235 g/mol. The Labute approximate surface area is 105 Å². The minimum absolute atomic E-state index is 0.0526. The van der Waals surface area contributed by atoms with Gasteiger partial charge < -0.3 is 10.6 Å². The maximum absolute atomic E-state index is 4.58. The van der Waals surface area contributed by atoms with E-state index in [9.17, 15) is 0 Å². The highest BCUT2D eigenvalue weighted by atomic mass is 15.0. The van der Waals surface area contributed by atoms with E-state index < -0.39 is 0 Å². The van der Waals surface area contributed by atoms with Crippen LogP contribution in [0.2, 0.25) is 0 Å². The zero-order valence-electron chi connectivity index (χ0n) is 11.7. The summed E-state index contributed by atoms with van der Waals surface area (Å²) in [5.74, 6) is 1.62. The fourth-order valence-corrected chi connectivity index (χ4v) is 1.52. The molecule has 1 aromatic rings. The Morgan fingerprint density at radius 3 is 2.53 bits per heavy atom. The normalized spacial score (nSPS) is 11.9. The summed E-state index contributed by atoms with van der Waals surface area (Å²) in [6.45, 7) is 12.7. The standard InChI is InChI=1S/C14H25N3/c1-11(2)9-15-10-12-7-6-8-13(16-12)17-14(3,4)5/h6-8,11,15H,9-10H2,1-5H3,(H,16,17). The molecule has 96 valence electrons. The van der Waals surface area contributed by atoms with Crippen molar-refractivity contribution in [2.45, 2.75) is 46.7 Å². The van der Waals surface area contributed by atoms with Crippen molar-refractivity contribution >= 4 is 5.82 Å². The van der Waals surface area contributed by atoms with Crippen LogP contribution in [0.25, 0.3) is 0 Å². The van der Waals surface area contributed by atoms with E-state index in [2.05, 4.69) is 56.3 Å². The number of hydrogen-bond acceptors (Lipinski definition) is 3. The molecule has 3 nitrogen and oxygen atoms in total. The van der Waals surface area contributed by atoms with E-state index in [1.54, 1.807) is 0 Å². The SMILES string of the molecule is CC(C)CNCc1cccc(NC(C)(C)C)n1. The first-order valence-electron chi connectivity index (χ1n) is 6.31. The molecule has 0 bridgehead atoms. The van der Waals surface area contributed by atoms with Crippen LogP contribution in [0.15, 0.2) is 18.2 Å². The molecule has 0 unspecified atom stereocenters. The van der Waals surface area contributed by atoms with Gasteiger partial charge in [-0.25, -0.2) is 4.98 Å². The summed E-state index contributed by atoms with van der Waals surface area (Å²) >= 11 is 0. The van der Waals surface area contributed by atoms with Crippen molar-refractivity contribution in [3.8, 4) is 0 Å². The highest BCUT2D eigenvalue weighted by molar-refractivity contribution is 5.37. The van der Waals surface area contributed by atoms with Gasteiger partial charge in [-0.1, -0.05) is 19.9 Å². The summed E-state index contributed by atoms with van der Waals surface area (Å²) in [5.41, 5.74) is 1.14. The molecular formula is C14H25N3. The molecule has 17 heavy (non-hydrogen) atoms. The van der Waals surface area contributed by atoms with Crippen molar-refractivity contribution < 1.29 is 0 Å². The number of nitrogens with one attached hydrogen (secondary N) is 2. The predicted molar refractivity (Wildman–Crippen MR) is 74.2 cm³/mol. The lowest BCUT2D eigenvalue weighted by Gasteiger charge is -2.21. The molecular weight excluding hydrogens is 210 g/mol. The summed E-state index contributed by atoms with van der Waals surface area (Å²) in [7, 11) is 0. The zero-order chi connectivity index (χ0) is 12.9. The first kappa shape index (κ1) is 14.0. The summed E-state index contributed by atoms with van der Waals surface area (Å²) < 4.78 is 0. The second kappa shape index (κ2) is 6.01. The van der Waals surface area contributed by atoms with E-state index in [-0.39, 0.29) is 5.54 Å². The lowest BCUT2D eigenvalue weighted by molar-refractivity contribution is 0.548. The highest BCUT2D eigenvalue weighted by Gasteiger charge is 2.09. The van der Waals surface area contributed by atoms with Crippen molar-refractivity contribution in [2.75, 3.05) is 11.9 Å². The molecule has 0 atom stereocenters. The van der Waals surface area contributed by atoms with Gasteiger partial charge in [-0.2, -0.15) is 0 Å². The molecule has 2 N–H and O–H groups in total. The third kappa shape index (κ3) is 6.27. The van der Waals surface area contributed by atoms with E-state index in [0.717, 1.165) is 24.6 Å². The third-order valence-electron chi connectivity index (χ3n) is 2.17. The van der Waals surface area contributed by atoms with Gasteiger partial charge >= 0.3 is 0 Å². The molecule has 0 fully saturated rings. The Hall–Kier alpha value is -1.09. The minimum atomic E-state index is 0.0526. The Kier molecular flexibility index (Phi) is 4.94. The molecule has 0 radical (unpaired) electrons. The Morgan fingerprint density at radius 1 is 1.24 bits per heavy atom. The number of hydrogen-bond donors (Lipinski definition) is 2. The first-order valence-corrected chi connectivity index (χ1v) is 6.31. The summed E-state index contributed by atoms with van der Waals surface area (Å²) in [6, 6.07) is 6.12. The maximum atomic E-state index is 4.58. The van der Waals surface area contributed by atoms with Crippen LogP contribution in [0.4, 0.5) is 5.82 Å². The number of anilines is 1. The largest absolute Gasteiger partial charge is 0.365 e. The molecule has 1 aromatic heterocycles. The molecule has 0 amide bonds. The van der Waals surface area contributed by atoms with Crippen molar-refractivity contribution in [3.05, 3.63) is 23.9 Å². The van der Waals surface area contributed by atoms with Gasteiger partial charge in [0.25, 0.3) is 0 Å². The van der Waals surface area contributed by atoms with Crippen LogP contribution in [-0.4, -0.2) is 17.1 Å². The lowest BCUT2D eigenvalue weighted by atomic mass is 10.1. The molecule has 3 heteroatoms. The molecule has 0 aromatic carbocycles. The molecule has 0 aliphatic carbocycles. The van der Waals surface area contributed by atoms with Crippen LogP contribution in [0.1, 0.15) is 40.3 Å².